The molecule has 0 amide bonds. The average molecular weight is 1680 g/mol. The molecule has 0 saturated carbocycles. The largest absolute Gasteiger partial charge is 0.460 e. The Kier molecular flexibility index (Phi) is 34.0. The highest BCUT2D eigenvalue weighted by atomic mass is 79.9. The summed E-state index contributed by atoms with van der Waals surface area (Å²) in [7, 11) is 0. The van der Waals surface area contributed by atoms with Crippen LogP contribution in [0.1, 0.15) is 309 Å². The van der Waals surface area contributed by atoms with Crippen molar-refractivity contribution in [3.05, 3.63) is 195 Å². The molecule has 1 atom stereocenters. The number of Topliss-reactive ketones (excluding diaryl/α,β-unsaturated/α-hetero) is 4. The number of rotatable bonds is 22. The number of ether oxygens (including phenoxy) is 1. The molecule has 15 heteroatoms. The molecule has 0 aliphatic carbocycles. The van der Waals surface area contributed by atoms with Gasteiger partial charge in [-0.15, -0.1) is 12.4 Å². The lowest BCUT2D eigenvalue weighted by Gasteiger charge is -2.47. The Balaban J connectivity index is 0.000000301. The third kappa shape index (κ3) is 27.4. The first kappa shape index (κ1) is 99.3. The van der Waals surface area contributed by atoms with Gasteiger partial charge in [0.15, 0.2) is 23.1 Å². The van der Waals surface area contributed by atoms with Crippen molar-refractivity contribution < 1.29 is 33.5 Å². The van der Waals surface area contributed by atoms with Gasteiger partial charge in [0.25, 0.3) is 5.78 Å². The van der Waals surface area contributed by atoms with Crippen LogP contribution in [0.2, 0.25) is 0 Å². The van der Waals surface area contributed by atoms with Gasteiger partial charge >= 0.3 is 5.97 Å². The van der Waals surface area contributed by atoms with E-state index in [1.165, 1.54) is 19.3 Å². The van der Waals surface area contributed by atoms with Crippen molar-refractivity contribution in [1.82, 2.24) is 24.5 Å². The maximum absolute atomic E-state index is 14.0. The third-order valence-electron chi connectivity index (χ3n) is 24.1. The van der Waals surface area contributed by atoms with Crippen LogP contribution < -0.4 is 4.90 Å². The molecule has 9 rings (SSSR count). The molecule has 0 N–H and O–H groups in total. The normalized spacial score (nSPS) is 18.3. The fraction of sp³-hybridized carbons (Fsp3) is 0.584. The van der Waals surface area contributed by atoms with Crippen molar-refractivity contribution in [2.45, 2.75) is 300 Å². The number of carbonyl (C=O) groups is 6. The van der Waals surface area contributed by atoms with Crippen LogP contribution >= 0.6 is 28.3 Å². The van der Waals surface area contributed by atoms with Crippen molar-refractivity contribution >= 4 is 80.7 Å². The molecular weight excluding hydrogens is 1520 g/mol. The molecule has 0 fully saturated rings. The van der Waals surface area contributed by atoms with E-state index in [0.717, 1.165) is 145 Å². The lowest BCUT2D eigenvalue weighted by Crippen LogP contribution is -2.47. The predicted molar refractivity (Wildman–Crippen MR) is 493 cm³/mol. The van der Waals surface area contributed by atoms with Crippen LogP contribution in [-0.4, -0.2) is 133 Å². The van der Waals surface area contributed by atoms with Gasteiger partial charge in [-0.25, -0.2) is 4.79 Å². The SMILES string of the molecule is CC(C)(C)CC(C)(C)N1C=C(C(=O)/C=C/c2ccc(Br)cc2)C(C)(C)CC1.CC1(C)CCN(C(C)(C)C)C=C1C(=O)c1ccccc1.CCCCC(CC)CN(c1ccc(C(=O)C2=CN(C(C)(C)C)CCC2(C)C)cc1)c1ccc(C(=O)C2=CN(C(C)(C)C)CCC2(C)C)cc1.CCOC(=O)C(=O)C1=CN(C(C)(C)C)CCC1(C)C.Cl. The summed E-state index contributed by atoms with van der Waals surface area (Å²) in [5.41, 5.74) is 8.94. The molecule has 5 heterocycles. The van der Waals surface area contributed by atoms with Crippen LogP contribution in [0.3, 0.4) is 0 Å². The standard InChI is InChI=1S/C44H65N3O2.C24H34BrNO.C18H25NO.C15H25NO3.ClH/c1-13-15-16-32(14-2)29-47(35-21-17-33(18-22-35)39(48)37-30-45(41(3,4)5)27-25-43(37,9)10)36-23-19-34(20-24-36)40(49)38-31-46(42(6,7)8)28-26-44(38,11)12;1-22(2,3)17-24(6,7)26-15-14-23(4,5)20(16-26)21(27)13-10-18-8-11-19(25)12-9-18;1-17(2,3)19-12-11-18(4,5)15(13-19)16(20)14-9-7-6-8-10-14;1-7-19-13(18)12(17)11-10-16(14(2,3)4)9-8-15(11,5)6;/h17-24,30-32H,13-16,25-29H2,1-12H3;8-13,16H,14-15,17H2,1-7H3;6-10,13H,11-12H2,1-5H3;10H,7-9H2,1-6H3;1H/b;13-10+;;;. The van der Waals surface area contributed by atoms with Gasteiger partial charge in [0.1, 0.15) is 0 Å². The number of ketones is 5. The summed E-state index contributed by atoms with van der Waals surface area (Å²) in [6.45, 7) is 71.0. The number of halogens is 2. The lowest BCUT2D eigenvalue weighted by molar-refractivity contribution is -0.152. The molecule has 4 aromatic carbocycles. The fourth-order valence-electron chi connectivity index (χ4n) is 15.8. The fourth-order valence-corrected chi connectivity index (χ4v) is 16.1. The molecule has 0 radical (unpaired) electrons. The summed E-state index contributed by atoms with van der Waals surface area (Å²) in [5.74, 6) is -0.239. The van der Waals surface area contributed by atoms with Crippen molar-refractivity contribution in [2.75, 3.05) is 50.8 Å². The number of anilines is 2. The zero-order chi connectivity index (χ0) is 86.6. The van der Waals surface area contributed by atoms with Crippen LogP contribution in [-0.2, 0) is 19.1 Å². The molecular formula is C101H150BrClN6O7. The van der Waals surface area contributed by atoms with E-state index in [0.29, 0.717) is 11.5 Å². The first-order valence-electron chi connectivity index (χ1n) is 42.7. The van der Waals surface area contributed by atoms with E-state index in [1.54, 1.807) is 13.0 Å². The highest BCUT2D eigenvalue weighted by molar-refractivity contribution is 9.10. The minimum absolute atomic E-state index is 0. The molecule has 0 saturated heterocycles. The molecule has 0 aromatic heterocycles. The van der Waals surface area contributed by atoms with E-state index in [1.807, 2.05) is 105 Å². The highest BCUT2D eigenvalue weighted by Crippen LogP contribution is 2.45. The van der Waals surface area contributed by atoms with E-state index < -0.39 is 11.8 Å². The van der Waals surface area contributed by atoms with Gasteiger partial charge in [0, 0.05) is 158 Å². The Bertz CT molecular complexity index is 4080. The Hall–Kier alpha value is -7.29. The molecule has 0 spiro atoms. The first-order valence-corrected chi connectivity index (χ1v) is 43.5. The van der Waals surface area contributed by atoms with Gasteiger partial charge < -0.3 is 34.1 Å². The number of benzene rings is 4. The number of allylic oxidation sites excluding steroid dienone is 5. The van der Waals surface area contributed by atoms with E-state index in [-0.39, 0.29) is 102 Å². The van der Waals surface area contributed by atoms with Crippen molar-refractivity contribution in [1.29, 1.82) is 0 Å². The summed E-state index contributed by atoms with van der Waals surface area (Å²) >= 11 is 3.44. The van der Waals surface area contributed by atoms with Gasteiger partial charge in [0.2, 0.25) is 0 Å². The molecule has 5 aliphatic rings. The summed E-state index contributed by atoms with van der Waals surface area (Å²) in [5, 5.41) is 0. The van der Waals surface area contributed by atoms with E-state index in [9.17, 15) is 28.8 Å². The second kappa shape index (κ2) is 39.7. The smallest absolute Gasteiger partial charge is 0.379 e. The number of esters is 1. The molecule has 116 heavy (non-hydrogen) atoms. The molecule has 0 bridgehead atoms. The summed E-state index contributed by atoms with van der Waals surface area (Å²) in [4.78, 5) is 91.4. The summed E-state index contributed by atoms with van der Waals surface area (Å²) in [6, 6.07) is 34.0. The van der Waals surface area contributed by atoms with Crippen LogP contribution in [0, 0.1) is 38.4 Å². The summed E-state index contributed by atoms with van der Waals surface area (Å²) < 4.78 is 5.86. The van der Waals surface area contributed by atoms with Gasteiger partial charge in [-0.2, -0.15) is 0 Å². The van der Waals surface area contributed by atoms with Crippen LogP contribution in [0.25, 0.3) is 6.08 Å². The average Bonchev–Trinajstić information content (AvgIpc) is 0.796. The Morgan fingerprint density at radius 3 is 1.13 bits per heavy atom. The quantitative estimate of drug-likeness (QED) is 0.0320. The Labute approximate surface area is 717 Å². The van der Waals surface area contributed by atoms with Crippen LogP contribution in [0.5, 0.6) is 0 Å². The van der Waals surface area contributed by atoms with Crippen LogP contribution in [0.15, 0.2) is 173 Å². The zero-order valence-corrected chi connectivity index (χ0v) is 79.7. The topological polar surface area (TPSA) is 131 Å². The second-order valence-electron chi connectivity index (χ2n) is 41.9. The van der Waals surface area contributed by atoms with Crippen molar-refractivity contribution in [3.8, 4) is 0 Å². The van der Waals surface area contributed by atoms with E-state index in [4.69, 9.17) is 4.74 Å². The Morgan fingerprint density at radius 1 is 0.448 bits per heavy atom. The second-order valence-corrected chi connectivity index (χ2v) is 42.8. The zero-order valence-electron chi connectivity index (χ0n) is 77.3. The minimum Gasteiger partial charge on any atom is -0.460 e. The van der Waals surface area contributed by atoms with Crippen LogP contribution in [0.4, 0.5) is 11.4 Å². The highest BCUT2D eigenvalue weighted by Gasteiger charge is 2.43. The van der Waals surface area contributed by atoms with Gasteiger partial charge in [0.05, 0.1) is 6.61 Å². The van der Waals surface area contributed by atoms with Gasteiger partial charge in [-0.3, -0.25) is 24.0 Å². The Morgan fingerprint density at radius 2 is 0.784 bits per heavy atom. The molecule has 4 aromatic rings. The predicted octanol–water partition coefficient (Wildman–Crippen LogP) is 25.3. The van der Waals surface area contributed by atoms with Gasteiger partial charge in [-0.05, 0) is 260 Å². The van der Waals surface area contributed by atoms with Gasteiger partial charge in [-0.1, -0.05) is 188 Å². The minimum atomic E-state index is -0.752. The summed E-state index contributed by atoms with van der Waals surface area (Å²) in [6.07, 6.45) is 24.4. The third-order valence-corrected chi connectivity index (χ3v) is 24.6. The molecule has 640 valence electrons. The maximum Gasteiger partial charge on any atom is 0.379 e. The number of nitrogens with zero attached hydrogens (tertiary/aromatic N) is 6. The lowest BCUT2D eigenvalue weighted by atomic mass is 9.75. The van der Waals surface area contributed by atoms with E-state index in [2.05, 4.69) is 281 Å². The van der Waals surface area contributed by atoms with Crippen molar-refractivity contribution in [3.63, 3.8) is 0 Å². The molecule has 1 unspecified atom stereocenters. The number of hydrogen-bond acceptors (Lipinski definition) is 13. The number of unbranched alkanes of at least 4 members (excludes halogenated alkanes) is 1. The maximum atomic E-state index is 14.0. The van der Waals surface area contributed by atoms with Crippen molar-refractivity contribution in [2.24, 2.45) is 38.4 Å². The number of hydrogen-bond donors (Lipinski definition) is 0. The van der Waals surface area contributed by atoms with E-state index >= 15 is 0 Å². The monoisotopic (exact) mass is 1670 g/mol. The molecule has 13 nitrogen and oxygen atoms in total. The molecule has 5 aliphatic heterocycles. The number of carbonyl (C=O) groups excluding carboxylic acids is 6. The first-order chi connectivity index (χ1) is 52.9.